The van der Waals surface area contributed by atoms with E-state index in [1.807, 2.05) is 36.4 Å². The molecule has 2 aromatic carbocycles. The Morgan fingerprint density at radius 3 is 2.32 bits per heavy atom. The van der Waals surface area contributed by atoms with Gasteiger partial charge in [-0.3, -0.25) is 4.79 Å². The van der Waals surface area contributed by atoms with Crippen LogP contribution in [0.2, 0.25) is 0 Å². The van der Waals surface area contributed by atoms with Crippen LogP contribution in [0, 0.1) is 0 Å². The van der Waals surface area contributed by atoms with Gasteiger partial charge in [-0.15, -0.1) is 0 Å². The molecular weight excluding hydrogens is 358 g/mol. The maximum Gasteiger partial charge on any atom is 0.226 e. The minimum Gasteiger partial charge on any atom is -0.496 e. The third kappa shape index (κ3) is 2.94. The van der Waals surface area contributed by atoms with Crippen LogP contribution in [-0.2, 0) is 4.79 Å². The van der Waals surface area contributed by atoms with Crippen molar-refractivity contribution in [3.05, 3.63) is 59.8 Å². The van der Waals surface area contributed by atoms with Gasteiger partial charge >= 0.3 is 0 Å². The molecule has 28 heavy (non-hydrogen) atoms. The molecule has 1 aliphatic heterocycles. The normalized spacial score (nSPS) is 15.5. The molecule has 1 N–H and O–H groups in total. The SMILES string of the molecule is COc1cc(OC)c([C@H]2CC(=O)Nc3c2cnn3-c2ccccc2)cc1OC. The maximum atomic E-state index is 12.5. The Morgan fingerprint density at radius 1 is 0.964 bits per heavy atom. The van der Waals surface area contributed by atoms with Gasteiger partial charge in [0.25, 0.3) is 0 Å². The van der Waals surface area contributed by atoms with Crippen LogP contribution < -0.4 is 19.5 Å². The number of rotatable bonds is 5. The van der Waals surface area contributed by atoms with Crippen LogP contribution in [0.25, 0.3) is 5.69 Å². The number of aromatic nitrogens is 2. The van der Waals surface area contributed by atoms with Crippen molar-refractivity contribution >= 4 is 11.7 Å². The highest BCUT2D eigenvalue weighted by Crippen LogP contribution is 2.45. The van der Waals surface area contributed by atoms with Crippen molar-refractivity contribution in [2.24, 2.45) is 0 Å². The lowest BCUT2D eigenvalue weighted by Crippen LogP contribution is -2.25. The number of nitrogens with zero attached hydrogens (tertiary/aromatic N) is 2. The number of fused-ring (bicyclic) bond motifs is 1. The number of amides is 1. The second-order valence-corrected chi connectivity index (χ2v) is 6.45. The second kappa shape index (κ2) is 7.26. The van der Waals surface area contributed by atoms with E-state index in [2.05, 4.69) is 10.4 Å². The molecular formula is C21H21N3O4. The van der Waals surface area contributed by atoms with E-state index < -0.39 is 0 Å². The Labute approximate surface area is 162 Å². The molecule has 1 aliphatic rings. The minimum absolute atomic E-state index is 0.0768. The van der Waals surface area contributed by atoms with Crippen molar-refractivity contribution in [2.75, 3.05) is 26.6 Å². The molecule has 3 aromatic rings. The van der Waals surface area contributed by atoms with E-state index in [9.17, 15) is 4.79 Å². The topological polar surface area (TPSA) is 74.6 Å². The van der Waals surface area contributed by atoms with Gasteiger partial charge in [-0.2, -0.15) is 5.10 Å². The first-order valence-corrected chi connectivity index (χ1v) is 8.89. The van der Waals surface area contributed by atoms with E-state index in [-0.39, 0.29) is 11.8 Å². The van der Waals surface area contributed by atoms with E-state index in [0.29, 0.717) is 29.5 Å². The zero-order valence-electron chi connectivity index (χ0n) is 15.9. The second-order valence-electron chi connectivity index (χ2n) is 6.45. The average Bonchev–Trinajstić information content (AvgIpc) is 3.16. The number of anilines is 1. The van der Waals surface area contributed by atoms with E-state index in [1.165, 1.54) is 0 Å². The van der Waals surface area contributed by atoms with Gasteiger partial charge in [0.2, 0.25) is 5.91 Å². The monoisotopic (exact) mass is 379 g/mol. The number of carbonyl (C=O) groups excluding carboxylic acids is 1. The summed E-state index contributed by atoms with van der Waals surface area (Å²) in [6.07, 6.45) is 2.09. The van der Waals surface area contributed by atoms with Gasteiger partial charge in [-0.25, -0.2) is 4.68 Å². The number of carbonyl (C=O) groups is 1. The lowest BCUT2D eigenvalue weighted by Gasteiger charge is -2.26. The summed E-state index contributed by atoms with van der Waals surface area (Å²) in [7, 11) is 4.76. The first-order chi connectivity index (χ1) is 13.7. The fourth-order valence-corrected chi connectivity index (χ4v) is 3.59. The molecule has 0 bridgehead atoms. The number of methoxy groups -OCH3 is 3. The van der Waals surface area contributed by atoms with E-state index in [1.54, 1.807) is 38.3 Å². The van der Waals surface area contributed by atoms with Crippen molar-refractivity contribution in [2.45, 2.75) is 12.3 Å². The highest BCUT2D eigenvalue weighted by atomic mass is 16.5. The summed E-state index contributed by atoms with van der Waals surface area (Å²) in [5, 5.41) is 7.48. The zero-order valence-corrected chi connectivity index (χ0v) is 15.9. The van der Waals surface area contributed by atoms with Crippen LogP contribution in [-0.4, -0.2) is 37.0 Å². The number of nitrogens with one attached hydrogen (secondary N) is 1. The first kappa shape index (κ1) is 17.9. The fourth-order valence-electron chi connectivity index (χ4n) is 3.59. The van der Waals surface area contributed by atoms with Crippen molar-refractivity contribution < 1.29 is 19.0 Å². The molecule has 7 heteroatoms. The average molecular weight is 379 g/mol. The van der Waals surface area contributed by atoms with E-state index in [4.69, 9.17) is 14.2 Å². The third-order valence-electron chi connectivity index (χ3n) is 4.93. The molecule has 7 nitrogen and oxygen atoms in total. The predicted molar refractivity (Wildman–Crippen MR) is 105 cm³/mol. The van der Waals surface area contributed by atoms with Crippen LogP contribution >= 0.6 is 0 Å². The number of hydrogen-bond donors (Lipinski definition) is 1. The largest absolute Gasteiger partial charge is 0.496 e. The molecule has 0 spiro atoms. The highest BCUT2D eigenvalue weighted by molar-refractivity contribution is 5.94. The Morgan fingerprint density at radius 2 is 1.64 bits per heavy atom. The smallest absolute Gasteiger partial charge is 0.226 e. The summed E-state index contributed by atoms with van der Waals surface area (Å²) in [6.45, 7) is 0. The van der Waals surface area contributed by atoms with Crippen LogP contribution in [0.3, 0.4) is 0 Å². The molecule has 0 saturated heterocycles. The lowest BCUT2D eigenvalue weighted by atomic mass is 9.86. The molecule has 2 heterocycles. The number of hydrogen-bond acceptors (Lipinski definition) is 5. The summed E-state index contributed by atoms with van der Waals surface area (Å²) < 4.78 is 18.2. The van der Waals surface area contributed by atoms with E-state index in [0.717, 1.165) is 16.8 Å². The van der Waals surface area contributed by atoms with Crippen molar-refractivity contribution in [1.82, 2.24) is 9.78 Å². The summed E-state index contributed by atoms with van der Waals surface area (Å²) in [5.74, 6) is 2.17. The standard InChI is InChI=1S/C21H21N3O4/c1-26-17-11-19(28-3)18(27-2)9-15(17)14-10-20(25)23-21-16(14)12-22-24(21)13-7-5-4-6-8-13/h4-9,11-12,14H,10H2,1-3H3,(H,23,25)/t14-/m1/s1. The third-order valence-corrected chi connectivity index (χ3v) is 4.93. The molecule has 1 amide bonds. The Bertz CT molecular complexity index is 1010. The predicted octanol–water partition coefficient (Wildman–Crippen LogP) is 3.37. The molecule has 0 saturated carbocycles. The van der Waals surface area contributed by atoms with Gasteiger partial charge in [0.05, 0.1) is 33.2 Å². The van der Waals surface area contributed by atoms with Gasteiger partial charge in [0.1, 0.15) is 11.6 Å². The van der Waals surface area contributed by atoms with Gasteiger partial charge in [-0.1, -0.05) is 18.2 Å². The van der Waals surface area contributed by atoms with Crippen molar-refractivity contribution in [3.63, 3.8) is 0 Å². The summed E-state index contributed by atoms with van der Waals surface area (Å²) in [5.41, 5.74) is 2.65. The summed E-state index contributed by atoms with van der Waals surface area (Å²) >= 11 is 0. The Hall–Kier alpha value is -3.48. The highest BCUT2D eigenvalue weighted by Gasteiger charge is 2.33. The number of benzene rings is 2. The molecule has 1 atom stereocenters. The molecule has 4 rings (SSSR count). The Kier molecular flexibility index (Phi) is 4.65. The van der Waals surface area contributed by atoms with Gasteiger partial charge in [-0.05, 0) is 18.2 Å². The molecule has 0 unspecified atom stereocenters. The molecule has 1 aromatic heterocycles. The van der Waals surface area contributed by atoms with Crippen LogP contribution in [0.15, 0.2) is 48.7 Å². The molecule has 0 radical (unpaired) electrons. The van der Waals surface area contributed by atoms with Crippen LogP contribution in [0.1, 0.15) is 23.5 Å². The minimum atomic E-state index is -0.212. The van der Waals surface area contributed by atoms with Crippen LogP contribution in [0.5, 0.6) is 17.2 Å². The quantitative estimate of drug-likeness (QED) is 0.736. The molecule has 0 fully saturated rings. The van der Waals surface area contributed by atoms with Gasteiger partial charge in [0, 0.05) is 29.5 Å². The number of ether oxygens (including phenoxy) is 3. The van der Waals surface area contributed by atoms with Gasteiger partial charge < -0.3 is 19.5 Å². The number of para-hydroxylation sites is 1. The zero-order chi connectivity index (χ0) is 19.7. The van der Waals surface area contributed by atoms with Crippen LogP contribution in [0.4, 0.5) is 5.82 Å². The summed E-state index contributed by atoms with van der Waals surface area (Å²) in [6, 6.07) is 13.3. The summed E-state index contributed by atoms with van der Waals surface area (Å²) in [4.78, 5) is 12.5. The molecule has 0 aliphatic carbocycles. The molecule has 144 valence electrons. The lowest BCUT2D eigenvalue weighted by molar-refractivity contribution is -0.116. The van der Waals surface area contributed by atoms with Gasteiger partial charge in [0.15, 0.2) is 11.5 Å². The maximum absolute atomic E-state index is 12.5. The first-order valence-electron chi connectivity index (χ1n) is 8.89. The Balaban J connectivity index is 1.86. The van der Waals surface area contributed by atoms with E-state index >= 15 is 0 Å². The van der Waals surface area contributed by atoms with Crippen molar-refractivity contribution in [1.29, 1.82) is 0 Å². The van der Waals surface area contributed by atoms with Crippen molar-refractivity contribution in [3.8, 4) is 22.9 Å². The fraction of sp³-hybridized carbons (Fsp3) is 0.238.